The second-order valence-electron chi connectivity index (χ2n) is 7.23. The van der Waals surface area contributed by atoms with Crippen LogP contribution in [0.15, 0.2) is 29.3 Å². The molecule has 0 aromatic heterocycles. The van der Waals surface area contributed by atoms with Crippen LogP contribution in [0, 0.1) is 5.41 Å². The first-order valence-electron chi connectivity index (χ1n) is 8.59. The zero-order valence-electron chi connectivity index (χ0n) is 16.3. The van der Waals surface area contributed by atoms with E-state index in [9.17, 15) is 0 Å². The molecule has 0 spiro atoms. The van der Waals surface area contributed by atoms with Crippen LogP contribution in [0.4, 0.5) is 5.69 Å². The molecule has 5 heteroatoms. The van der Waals surface area contributed by atoms with Crippen molar-refractivity contribution in [3.63, 3.8) is 0 Å². The molecular weight excluding hydrogens is 300 g/mol. The van der Waals surface area contributed by atoms with Crippen LogP contribution in [-0.4, -0.2) is 46.4 Å². The van der Waals surface area contributed by atoms with Crippen LogP contribution in [0.3, 0.4) is 0 Å². The maximum absolute atomic E-state index is 5.60. The third-order valence-corrected chi connectivity index (χ3v) is 3.90. The minimum absolute atomic E-state index is 0.0825. The number of benzene rings is 1. The maximum Gasteiger partial charge on any atom is 0.191 e. The Labute approximate surface area is 147 Å². The number of rotatable bonds is 7. The Morgan fingerprint density at radius 3 is 2.50 bits per heavy atom. The van der Waals surface area contributed by atoms with Crippen molar-refractivity contribution in [3.8, 4) is 0 Å². The summed E-state index contributed by atoms with van der Waals surface area (Å²) in [5.74, 6) is 0.819. The Balaban J connectivity index is 2.73. The summed E-state index contributed by atoms with van der Waals surface area (Å²) in [4.78, 5) is 6.79. The quantitative estimate of drug-likeness (QED) is 0.595. The maximum atomic E-state index is 5.60. The van der Waals surface area contributed by atoms with E-state index in [0.29, 0.717) is 6.54 Å². The van der Waals surface area contributed by atoms with E-state index < -0.39 is 0 Å². The summed E-state index contributed by atoms with van der Waals surface area (Å²) in [7, 11) is 5.85. The fraction of sp³-hybridized carbons (Fsp3) is 0.632. The van der Waals surface area contributed by atoms with Crippen LogP contribution in [0.1, 0.15) is 33.3 Å². The van der Waals surface area contributed by atoms with E-state index in [0.717, 1.165) is 19.0 Å². The number of anilines is 1. The van der Waals surface area contributed by atoms with Crippen molar-refractivity contribution in [1.82, 2.24) is 10.6 Å². The van der Waals surface area contributed by atoms with Gasteiger partial charge in [-0.1, -0.05) is 32.9 Å². The van der Waals surface area contributed by atoms with E-state index in [-0.39, 0.29) is 11.5 Å². The number of hydrogen-bond acceptors (Lipinski definition) is 3. The number of guanidine groups is 1. The minimum Gasteiger partial charge on any atom is -0.379 e. The van der Waals surface area contributed by atoms with Gasteiger partial charge in [0.1, 0.15) is 0 Å². The van der Waals surface area contributed by atoms with E-state index in [2.05, 4.69) is 67.5 Å². The molecule has 0 aliphatic rings. The predicted octanol–water partition coefficient (Wildman–Crippen LogP) is 2.87. The Hall–Kier alpha value is -1.75. The van der Waals surface area contributed by atoms with Crippen LogP contribution in [0.25, 0.3) is 0 Å². The molecule has 136 valence electrons. The summed E-state index contributed by atoms with van der Waals surface area (Å²) >= 11 is 0. The predicted molar refractivity (Wildman–Crippen MR) is 104 cm³/mol. The third-order valence-electron chi connectivity index (χ3n) is 3.90. The first kappa shape index (κ1) is 20.3. The van der Waals surface area contributed by atoms with Crippen LogP contribution in [0.2, 0.25) is 0 Å². The number of aliphatic imine (C=N–C) groups is 1. The van der Waals surface area contributed by atoms with E-state index >= 15 is 0 Å². The smallest absolute Gasteiger partial charge is 0.191 e. The van der Waals surface area contributed by atoms with Crippen molar-refractivity contribution in [1.29, 1.82) is 0 Å². The Morgan fingerprint density at radius 1 is 1.25 bits per heavy atom. The molecule has 1 unspecified atom stereocenters. The Morgan fingerprint density at radius 2 is 1.96 bits per heavy atom. The van der Waals surface area contributed by atoms with Gasteiger partial charge in [0, 0.05) is 40.0 Å². The fourth-order valence-electron chi connectivity index (χ4n) is 2.38. The molecule has 0 aliphatic heterocycles. The molecule has 1 atom stereocenters. The minimum atomic E-state index is 0.0825. The molecule has 1 rings (SSSR count). The van der Waals surface area contributed by atoms with Gasteiger partial charge in [0.05, 0.1) is 12.6 Å². The van der Waals surface area contributed by atoms with Gasteiger partial charge in [-0.3, -0.25) is 0 Å². The first-order chi connectivity index (χ1) is 11.3. The van der Waals surface area contributed by atoms with Gasteiger partial charge in [0.15, 0.2) is 5.96 Å². The van der Waals surface area contributed by atoms with Crippen molar-refractivity contribution < 1.29 is 4.74 Å². The van der Waals surface area contributed by atoms with E-state index in [4.69, 9.17) is 9.73 Å². The standard InChI is InChI=1S/C19H34N4O/c1-8-20-18(22-14-17(24-7)19(2,3)4)21-13-15-10-9-11-16(12-15)23(5)6/h9-12,17H,8,13-14H2,1-7H3,(H2,20,21,22). The van der Waals surface area contributed by atoms with Gasteiger partial charge in [-0.05, 0) is 30.0 Å². The molecule has 0 saturated carbocycles. The van der Waals surface area contributed by atoms with E-state index in [1.807, 2.05) is 14.1 Å². The van der Waals surface area contributed by atoms with Crippen molar-refractivity contribution in [2.75, 3.05) is 39.2 Å². The lowest BCUT2D eigenvalue weighted by Gasteiger charge is -2.30. The number of nitrogens with one attached hydrogen (secondary N) is 2. The SMILES string of the molecule is CCNC(=NCc1cccc(N(C)C)c1)NCC(OC)C(C)(C)C. The average molecular weight is 335 g/mol. The van der Waals surface area contributed by atoms with Crippen LogP contribution in [0.5, 0.6) is 0 Å². The van der Waals surface area contributed by atoms with Crippen molar-refractivity contribution in [3.05, 3.63) is 29.8 Å². The first-order valence-corrected chi connectivity index (χ1v) is 8.59. The van der Waals surface area contributed by atoms with Crippen molar-refractivity contribution in [2.24, 2.45) is 10.4 Å². The molecule has 0 heterocycles. The Kier molecular flexibility index (Phi) is 8.05. The molecule has 24 heavy (non-hydrogen) atoms. The lowest BCUT2D eigenvalue weighted by molar-refractivity contribution is 0.0205. The molecule has 1 aromatic rings. The van der Waals surface area contributed by atoms with Crippen molar-refractivity contribution in [2.45, 2.75) is 40.3 Å². The average Bonchev–Trinajstić information content (AvgIpc) is 2.52. The molecule has 0 fully saturated rings. The van der Waals surface area contributed by atoms with Gasteiger partial charge in [-0.25, -0.2) is 4.99 Å². The van der Waals surface area contributed by atoms with Gasteiger partial charge in [0.25, 0.3) is 0 Å². The second-order valence-corrected chi connectivity index (χ2v) is 7.23. The molecular formula is C19H34N4O. The molecule has 1 aromatic carbocycles. The molecule has 2 N–H and O–H groups in total. The van der Waals surface area contributed by atoms with Gasteiger partial charge < -0.3 is 20.3 Å². The summed E-state index contributed by atoms with van der Waals surface area (Å²) in [5.41, 5.74) is 2.46. The normalized spacial score (nSPS) is 13.5. The number of nitrogens with zero attached hydrogens (tertiary/aromatic N) is 2. The van der Waals surface area contributed by atoms with E-state index in [1.54, 1.807) is 7.11 Å². The van der Waals surface area contributed by atoms with E-state index in [1.165, 1.54) is 11.3 Å². The van der Waals surface area contributed by atoms with Crippen LogP contribution >= 0.6 is 0 Å². The third kappa shape index (κ3) is 6.79. The number of hydrogen-bond donors (Lipinski definition) is 2. The zero-order chi connectivity index (χ0) is 18.2. The van der Waals surface area contributed by atoms with Gasteiger partial charge >= 0.3 is 0 Å². The summed E-state index contributed by atoms with van der Waals surface area (Å²) in [6, 6.07) is 8.44. The lowest BCUT2D eigenvalue weighted by Crippen LogP contribution is -2.45. The summed E-state index contributed by atoms with van der Waals surface area (Å²) in [6.07, 6.45) is 0.124. The lowest BCUT2D eigenvalue weighted by atomic mass is 9.89. The highest BCUT2D eigenvalue weighted by Crippen LogP contribution is 2.21. The molecule has 0 saturated heterocycles. The Bertz CT molecular complexity index is 520. The monoisotopic (exact) mass is 334 g/mol. The fourth-order valence-corrected chi connectivity index (χ4v) is 2.38. The van der Waals surface area contributed by atoms with Gasteiger partial charge in [0.2, 0.25) is 0 Å². The van der Waals surface area contributed by atoms with Gasteiger partial charge in [-0.15, -0.1) is 0 Å². The molecule has 0 bridgehead atoms. The summed E-state index contributed by atoms with van der Waals surface area (Å²) in [5, 5.41) is 6.68. The van der Waals surface area contributed by atoms with Crippen molar-refractivity contribution >= 4 is 11.6 Å². The second kappa shape index (κ2) is 9.52. The van der Waals surface area contributed by atoms with Crippen LogP contribution in [-0.2, 0) is 11.3 Å². The highest BCUT2D eigenvalue weighted by molar-refractivity contribution is 5.79. The topological polar surface area (TPSA) is 48.9 Å². The molecule has 0 radical (unpaired) electrons. The summed E-state index contributed by atoms with van der Waals surface area (Å²) in [6.45, 7) is 10.8. The largest absolute Gasteiger partial charge is 0.379 e. The molecule has 0 amide bonds. The zero-order valence-corrected chi connectivity index (χ0v) is 16.3. The number of ether oxygens (including phenoxy) is 1. The highest BCUT2D eigenvalue weighted by Gasteiger charge is 2.24. The molecule has 5 nitrogen and oxygen atoms in total. The number of methoxy groups -OCH3 is 1. The summed E-state index contributed by atoms with van der Waals surface area (Å²) < 4.78 is 5.60. The molecule has 0 aliphatic carbocycles. The van der Waals surface area contributed by atoms with Crippen LogP contribution < -0.4 is 15.5 Å². The van der Waals surface area contributed by atoms with Gasteiger partial charge in [-0.2, -0.15) is 0 Å². The highest BCUT2D eigenvalue weighted by atomic mass is 16.5.